The summed E-state index contributed by atoms with van der Waals surface area (Å²) in [6.07, 6.45) is 2.27. The molecule has 42 heavy (non-hydrogen) atoms. The van der Waals surface area contributed by atoms with Crippen LogP contribution in [0.3, 0.4) is 0 Å². The molecule has 0 fully saturated rings. The summed E-state index contributed by atoms with van der Waals surface area (Å²) < 4.78 is 0. The van der Waals surface area contributed by atoms with Crippen molar-refractivity contribution in [2.45, 2.75) is 67.6 Å². The zero-order valence-corrected chi connectivity index (χ0v) is 26.5. The van der Waals surface area contributed by atoms with Crippen LogP contribution < -0.4 is 21.3 Å². The Balaban J connectivity index is 1.78. The summed E-state index contributed by atoms with van der Waals surface area (Å²) in [5.41, 5.74) is 16.3. The maximum absolute atomic E-state index is 2.43. The highest BCUT2D eigenvalue weighted by Crippen LogP contribution is 2.34. The van der Waals surface area contributed by atoms with E-state index in [1.54, 1.807) is 0 Å². The Hall–Kier alpha value is -4.04. The van der Waals surface area contributed by atoms with Crippen molar-refractivity contribution in [2.75, 3.05) is 4.90 Å². The highest BCUT2D eigenvalue weighted by molar-refractivity contribution is 7.12. The summed E-state index contributed by atoms with van der Waals surface area (Å²) in [6.45, 7) is 16.1. The van der Waals surface area contributed by atoms with Crippen LogP contribution in [0.2, 0.25) is 6.32 Å². The maximum atomic E-state index is 2.43. The van der Waals surface area contributed by atoms with Gasteiger partial charge in [0.25, 0.3) is 0 Å². The molecule has 0 saturated heterocycles. The first-order chi connectivity index (χ1) is 20.3. The minimum absolute atomic E-state index is 1.13. The van der Waals surface area contributed by atoms with Crippen LogP contribution in [0.1, 0.15) is 53.1 Å². The van der Waals surface area contributed by atoms with Crippen molar-refractivity contribution in [1.82, 2.24) is 0 Å². The summed E-state index contributed by atoms with van der Waals surface area (Å²) in [4.78, 5) is 2.36. The lowest BCUT2D eigenvalue weighted by Crippen LogP contribution is -2.69. The highest BCUT2D eigenvalue weighted by Gasteiger charge is 2.34. The van der Waals surface area contributed by atoms with Gasteiger partial charge < -0.3 is 4.90 Å². The van der Waals surface area contributed by atoms with E-state index < -0.39 is 6.15 Å². The number of rotatable bonds is 9. The number of aryl methyl sites for hydroxylation is 6. The highest BCUT2D eigenvalue weighted by atomic mass is 15.1. The van der Waals surface area contributed by atoms with E-state index in [9.17, 15) is 0 Å². The lowest BCUT2D eigenvalue weighted by atomic mass is 9.12. The third-order valence-corrected chi connectivity index (χ3v) is 9.20. The fourth-order valence-corrected chi connectivity index (χ4v) is 7.93. The predicted molar refractivity (Wildman–Crippen MR) is 187 cm³/mol. The molecule has 2 heteroatoms. The number of unbranched alkanes of at least 4 members (excludes halogenated alkanes) is 1. The molecule has 0 unspecified atom stereocenters. The number of hydrogen-bond donors (Lipinski definition) is 0. The van der Waals surface area contributed by atoms with Crippen LogP contribution in [0.4, 0.5) is 17.1 Å². The summed E-state index contributed by atoms with van der Waals surface area (Å²) in [5.74, 6) is 0. The molecule has 0 radical (unpaired) electrons. The average Bonchev–Trinajstić information content (AvgIpc) is 2.96. The molecule has 0 aliphatic heterocycles. The van der Waals surface area contributed by atoms with E-state index in [0.717, 1.165) is 17.7 Å². The number of anilines is 3. The van der Waals surface area contributed by atoms with E-state index in [4.69, 9.17) is 0 Å². The van der Waals surface area contributed by atoms with Gasteiger partial charge in [0.05, 0.1) is 6.15 Å². The smallest absolute Gasteiger partial charge is 0.0827 e. The van der Waals surface area contributed by atoms with Crippen LogP contribution >= 0.6 is 0 Å². The second kappa shape index (κ2) is 12.5. The largest absolute Gasteiger partial charge is 0.311 e. The van der Waals surface area contributed by atoms with Gasteiger partial charge in [0.15, 0.2) is 0 Å². The molecule has 0 bridgehead atoms. The first kappa shape index (κ1) is 29.5. The van der Waals surface area contributed by atoms with E-state index in [2.05, 4.69) is 163 Å². The van der Waals surface area contributed by atoms with Gasteiger partial charge in [-0.25, -0.2) is 0 Å². The summed E-state index contributed by atoms with van der Waals surface area (Å²) in [5, 5.41) is 0. The fraction of sp³-hybridized carbons (Fsp3) is 0.250. The van der Waals surface area contributed by atoms with Gasteiger partial charge in [-0.2, -0.15) is 22.7 Å². The Morgan fingerprint density at radius 3 is 1.26 bits per heavy atom. The Bertz CT molecular complexity index is 1510. The predicted octanol–water partition coefficient (Wildman–Crippen LogP) is 9.28. The zero-order chi connectivity index (χ0) is 29.9. The van der Waals surface area contributed by atoms with Crippen LogP contribution in [0, 0.1) is 41.5 Å². The van der Waals surface area contributed by atoms with E-state index in [1.807, 2.05) is 0 Å². The molecular formula is C40H45BN-. The van der Waals surface area contributed by atoms with E-state index in [-0.39, 0.29) is 0 Å². The Morgan fingerprint density at radius 2 is 0.881 bits per heavy atom. The van der Waals surface area contributed by atoms with Crippen LogP contribution in [0.15, 0.2) is 109 Å². The first-order valence-electron chi connectivity index (χ1n) is 15.6. The van der Waals surface area contributed by atoms with E-state index in [1.165, 1.54) is 68.3 Å². The first-order valence-corrected chi connectivity index (χ1v) is 15.6. The van der Waals surface area contributed by atoms with Crippen molar-refractivity contribution in [3.05, 3.63) is 143 Å². The molecule has 5 rings (SSSR count). The van der Waals surface area contributed by atoms with Crippen LogP contribution in [0.5, 0.6) is 0 Å². The molecule has 5 aromatic carbocycles. The maximum Gasteiger partial charge on any atom is 0.0827 e. The van der Waals surface area contributed by atoms with Gasteiger partial charge in [-0.3, -0.25) is 0 Å². The van der Waals surface area contributed by atoms with Gasteiger partial charge in [-0.1, -0.05) is 126 Å². The molecule has 0 amide bonds. The molecular weight excluding hydrogens is 505 g/mol. The lowest BCUT2D eigenvalue weighted by molar-refractivity contribution is 0.873. The topological polar surface area (TPSA) is 3.24 Å². The van der Waals surface area contributed by atoms with Crippen LogP contribution in [0.25, 0.3) is 0 Å². The Labute approximate surface area is 254 Å². The van der Waals surface area contributed by atoms with Crippen LogP contribution in [-0.4, -0.2) is 6.15 Å². The number of hydrogen-bond acceptors (Lipinski definition) is 1. The van der Waals surface area contributed by atoms with Gasteiger partial charge in [0.1, 0.15) is 0 Å². The molecule has 0 aliphatic rings. The summed E-state index contributed by atoms with van der Waals surface area (Å²) in [7, 11) is 0. The second-order valence-electron chi connectivity index (χ2n) is 12.4. The van der Waals surface area contributed by atoms with Crippen molar-refractivity contribution >= 4 is 39.6 Å². The average molecular weight is 551 g/mol. The lowest BCUT2D eigenvalue weighted by Gasteiger charge is -2.48. The van der Waals surface area contributed by atoms with Crippen molar-refractivity contribution in [2.24, 2.45) is 0 Å². The quantitative estimate of drug-likeness (QED) is 0.165. The molecule has 214 valence electrons. The molecule has 0 aromatic heterocycles. The van der Waals surface area contributed by atoms with Crippen LogP contribution in [-0.2, 0) is 0 Å². The minimum atomic E-state index is -1.22. The molecule has 1 nitrogen and oxygen atoms in total. The fourth-order valence-electron chi connectivity index (χ4n) is 7.93. The molecule has 0 N–H and O–H groups in total. The van der Waals surface area contributed by atoms with Crippen molar-refractivity contribution in [3.8, 4) is 0 Å². The van der Waals surface area contributed by atoms with E-state index >= 15 is 0 Å². The SMILES string of the molecule is CCCC[B-](c1ccc(N(c2ccccc2)c2ccccc2)cc1)(c1c(C)cc(C)cc1C)c1c(C)cc(C)cc1C. The Kier molecular flexibility index (Phi) is 8.73. The standard InChI is InChI=1S/C40H45BN/c1-8-9-24-41(39-31(4)25-29(2)26-32(39)5,40-33(6)27-30(3)28-34(40)7)35-20-22-38(23-21-35)42(36-16-12-10-13-17-36)37-18-14-11-15-19-37/h10-23,25-28H,8-9,24H2,1-7H3/q-1. The summed E-state index contributed by atoms with van der Waals surface area (Å²) in [6, 6.07) is 40.5. The molecule has 0 atom stereocenters. The third kappa shape index (κ3) is 5.56. The van der Waals surface area contributed by atoms with Gasteiger partial charge in [0, 0.05) is 17.1 Å². The summed E-state index contributed by atoms with van der Waals surface area (Å²) >= 11 is 0. The van der Waals surface area contributed by atoms with Crippen molar-refractivity contribution in [3.63, 3.8) is 0 Å². The molecule has 0 heterocycles. The molecule has 0 aliphatic carbocycles. The Morgan fingerprint density at radius 1 is 0.500 bits per heavy atom. The second-order valence-corrected chi connectivity index (χ2v) is 12.4. The van der Waals surface area contributed by atoms with Crippen molar-refractivity contribution in [1.29, 1.82) is 0 Å². The van der Waals surface area contributed by atoms with Gasteiger partial charge in [-0.05, 0) is 77.9 Å². The normalized spacial score (nSPS) is 11.5. The third-order valence-electron chi connectivity index (χ3n) is 9.20. The molecule has 0 spiro atoms. The minimum Gasteiger partial charge on any atom is -0.311 e. The van der Waals surface area contributed by atoms with Crippen molar-refractivity contribution < 1.29 is 0 Å². The van der Waals surface area contributed by atoms with E-state index in [0.29, 0.717) is 0 Å². The van der Waals surface area contributed by atoms with Gasteiger partial charge in [0.2, 0.25) is 0 Å². The number of para-hydroxylation sites is 2. The number of benzene rings is 5. The van der Waals surface area contributed by atoms with Gasteiger partial charge in [-0.15, -0.1) is 0 Å². The molecule has 0 saturated carbocycles. The monoisotopic (exact) mass is 550 g/mol. The number of nitrogens with zero attached hydrogens (tertiary/aromatic N) is 1. The molecule has 5 aromatic rings. The zero-order valence-electron chi connectivity index (χ0n) is 26.5. The van der Waals surface area contributed by atoms with Gasteiger partial charge >= 0.3 is 0 Å².